The van der Waals surface area contributed by atoms with Crippen LogP contribution in [0.5, 0.6) is 0 Å². The maximum Gasteiger partial charge on any atom is 0.161 e. The smallest absolute Gasteiger partial charge is 0.161 e. The zero-order valence-corrected chi connectivity index (χ0v) is 14.4. The van der Waals surface area contributed by atoms with Crippen molar-refractivity contribution in [3.05, 3.63) is 35.8 Å². The molecule has 0 aliphatic rings. The van der Waals surface area contributed by atoms with Crippen LogP contribution in [0, 0.1) is 13.8 Å². The summed E-state index contributed by atoms with van der Waals surface area (Å²) in [5.41, 5.74) is 2.57. The lowest BCUT2D eigenvalue weighted by atomic mass is 10.2. The van der Waals surface area contributed by atoms with Gasteiger partial charge < -0.3 is 5.32 Å². The van der Waals surface area contributed by atoms with Crippen LogP contribution in [0.25, 0.3) is 11.0 Å². The van der Waals surface area contributed by atoms with E-state index >= 15 is 0 Å². The first-order chi connectivity index (χ1) is 11.0. The van der Waals surface area contributed by atoms with Gasteiger partial charge in [-0.1, -0.05) is 19.9 Å². The van der Waals surface area contributed by atoms with Gasteiger partial charge in [0.1, 0.15) is 11.6 Å². The molecule has 0 spiro atoms. The van der Waals surface area contributed by atoms with Crippen molar-refractivity contribution in [1.82, 2.24) is 20.2 Å². The number of hydrogen-bond acceptors (Lipinski definition) is 5. The van der Waals surface area contributed by atoms with Crippen LogP contribution in [0.15, 0.2) is 29.3 Å². The average molecular weight is 329 g/mol. The van der Waals surface area contributed by atoms with E-state index in [9.17, 15) is 4.21 Å². The van der Waals surface area contributed by atoms with E-state index < -0.39 is 10.8 Å². The van der Waals surface area contributed by atoms with E-state index in [-0.39, 0.29) is 5.25 Å². The second kappa shape index (κ2) is 6.08. The number of benzene rings is 1. The molecular formula is C16H19N5OS. The number of hydrogen-bond donors (Lipinski definition) is 2. The molecule has 23 heavy (non-hydrogen) atoms. The maximum atomic E-state index is 12.6. The number of H-pyrrole nitrogens is 1. The molecule has 3 aromatic rings. The van der Waals surface area contributed by atoms with Gasteiger partial charge in [-0.05, 0) is 31.5 Å². The summed E-state index contributed by atoms with van der Waals surface area (Å²) in [7, 11) is -1.09. The highest BCUT2D eigenvalue weighted by Gasteiger charge is 2.16. The highest BCUT2D eigenvalue weighted by molar-refractivity contribution is 7.85. The van der Waals surface area contributed by atoms with Gasteiger partial charge in [-0.2, -0.15) is 5.10 Å². The van der Waals surface area contributed by atoms with Gasteiger partial charge in [0.2, 0.25) is 0 Å². The van der Waals surface area contributed by atoms with Crippen molar-refractivity contribution in [3.63, 3.8) is 0 Å². The predicted molar refractivity (Wildman–Crippen MR) is 92.4 cm³/mol. The molecule has 0 saturated heterocycles. The molecule has 1 atom stereocenters. The monoisotopic (exact) mass is 329 g/mol. The summed E-state index contributed by atoms with van der Waals surface area (Å²) >= 11 is 0. The zero-order valence-electron chi connectivity index (χ0n) is 13.5. The molecule has 6 nitrogen and oxygen atoms in total. The van der Waals surface area contributed by atoms with Crippen molar-refractivity contribution in [2.75, 3.05) is 5.32 Å². The Balaban J connectivity index is 2.10. The Hall–Kier alpha value is -2.28. The van der Waals surface area contributed by atoms with Crippen molar-refractivity contribution < 1.29 is 4.21 Å². The molecule has 0 saturated carbocycles. The quantitative estimate of drug-likeness (QED) is 0.768. The minimum Gasteiger partial charge on any atom is -0.339 e. The van der Waals surface area contributed by atoms with Gasteiger partial charge in [-0.3, -0.25) is 9.31 Å². The molecule has 0 fully saturated rings. The van der Waals surface area contributed by atoms with E-state index in [2.05, 4.69) is 25.5 Å². The Bertz CT molecular complexity index is 887. The fourth-order valence-corrected chi connectivity index (χ4v) is 3.38. The Morgan fingerprint density at radius 3 is 2.74 bits per heavy atom. The molecule has 0 aliphatic carbocycles. The van der Waals surface area contributed by atoms with Crippen molar-refractivity contribution in [1.29, 1.82) is 0 Å². The molecule has 1 unspecified atom stereocenters. The van der Waals surface area contributed by atoms with E-state index in [1.807, 2.05) is 45.9 Å². The lowest BCUT2D eigenvalue weighted by Crippen LogP contribution is -2.09. The molecule has 0 radical (unpaired) electrons. The third kappa shape index (κ3) is 3.10. The molecule has 2 heterocycles. The summed E-state index contributed by atoms with van der Waals surface area (Å²) in [5, 5.41) is 11.0. The van der Waals surface area contributed by atoms with Gasteiger partial charge in [0.25, 0.3) is 0 Å². The molecule has 120 valence electrons. The lowest BCUT2D eigenvalue weighted by molar-refractivity contribution is 0.677. The standard InChI is InChI=1S/C16H19N5OS/c1-9(2)23(22)14-6-5-10(3)7-13(14)20-15-12-8-17-21-16(12)19-11(4)18-15/h5-9H,1-4H3,(H2,17,18,19,20,21). The number of nitrogens with zero attached hydrogens (tertiary/aromatic N) is 3. The maximum absolute atomic E-state index is 12.6. The third-order valence-electron chi connectivity index (χ3n) is 3.45. The molecule has 2 aromatic heterocycles. The van der Waals surface area contributed by atoms with Gasteiger partial charge in [-0.25, -0.2) is 9.97 Å². The summed E-state index contributed by atoms with van der Waals surface area (Å²) in [6.07, 6.45) is 1.69. The van der Waals surface area contributed by atoms with E-state index in [1.165, 1.54) is 0 Å². The van der Waals surface area contributed by atoms with Gasteiger partial charge in [-0.15, -0.1) is 0 Å². The first-order valence-electron chi connectivity index (χ1n) is 7.41. The number of nitrogens with one attached hydrogen (secondary N) is 2. The minimum absolute atomic E-state index is 0.0411. The molecule has 7 heteroatoms. The third-order valence-corrected chi connectivity index (χ3v) is 5.10. The largest absolute Gasteiger partial charge is 0.339 e. The van der Waals surface area contributed by atoms with Crippen LogP contribution in [0.1, 0.15) is 25.2 Å². The molecule has 3 rings (SSSR count). The first-order valence-corrected chi connectivity index (χ1v) is 8.63. The topological polar surface area (TPSA) is 83.6 Å². The van der Waals surface area contributed by atoms with Gasteiger partial charge in [0, 0.05) is 5.25 Å². The molecule has 0 bridgehead atoms. The van der Waals surface area contributed by atoms with Crippen LogP contribution in [0.3, 0.4) is 0 Å². The van der Waals surface area contributed by atoms with E-state index in [0.717, 1.165) is 21.5 Å². The molecule has 0 amide bonds. The van der Waals surface area contributed by atoms with E-state index in [1.54, 1.807) is 6.20 Å². The normalized spacial score (nSPS) is 12.7. The Morgan fingerprint density at radius 1 is 1.22 bits per heavy atom. The Kier molecular flexibility index (Phi) is 4.12. The van der Waals surface area contributed by atoms with Gasteiger partial charge in [0.15, 0.2) is 5.65 Å². The van der Waals surface area contributed by atoms with Crippen LogP contribution in [0.4, 0.5) is 11.5 Å². The van der Waals surface area contributed by atoms with Crippen LogP contribution < -0.4 is 5.32 Å². The molecule has 1 aromatic carbocycles. The zero-order chi connectivity index (χ0) is 16.6. The van der Waals surface area contributed by atoms with Gasteiger partial charge in [0.05, 0.1) is 33.0 Å². The highest BCUT2D eigenvalue weighted by atomic mass is 32.2. The predicted octanol–water partition coefficient (Wildman–Crippen LogP) is 3.23. The number of fused-ring (bicyclic) bond motifs is 1. The number of anilines is 2. The Morgan fingerprint density at radius 2 is 2.00 bits per heavy atom. The molecule has 0 aliphatic heterocycles. The number of rotatable bonds is 4. The summed E-state index contributed by atoms with van der Waals surface area (Å²) in [6.45, 7) is 7.73. The highest BCUT2D eigenvalue weighted by Crippen LogP contribution is 2.28. The van der Waals surface area contributed by atoms with Crippen molar-refractivity contribution in [2.24, 2.45) is 0 Å². The summed E-state index contributed by atoms with van der Waals surface area (Å²) < 4.78 is 12.6. The first kappa shape index (κ1) is 15.6. The number of aromatic nitrogens is 4. The van der Waals surface area contributed by atoms with Crippen LogP contribution in [0.2, 0.25) is 0 Å². The second-order valence-electron chi connectivity index (χ2n) is 5.72. The minimum atomic E-state index is -1.09. The van der Waals surface area contributed by atoms with E-state index in [0.29, 0.717) is 17.3 Å². The SMILES string of the molecule is Cc1ccc(S(=O)C(C)C)c(Nc2nc(C)nc3[nH]ncc23)c1. The Labute approximate surface area is 137 Å². The van der Waals surface area contributed by atoms with E-state index in [4.69, 9.17) is 0 Å². The van der Waals surface area contributed by atoms with Crippen LogP contribution >= 0.6 is 0 Å². The van der Waals surface area contributed by atoms with Crippen molar-refractivity contribution in [2.45, 2.75) is 37.8 Å². The average Bonchev–Trinajstić information content (AvgIpc) is 2.95. The molecular weight excluding hydrogens is 310 g/mol. The van der Waals surface area contributed by atoms with Crippen LogP contribution in [-0.2, 0) is 10.8 Å². The summed E-state index contributed by atoms with van der Waals surface area (Å²) in [4.78, 5) is 9.55. The number of aryl methyl sites for hydroxylation is 2. The summed E-state index contributed by atoms with van der Waals surface area (Å²) in [6, 6.07) is 5.87. The van der Waals surface area contributed by atoms with Gasteiger partial charge >= 0.3 is 0 Å². The van der Waals surface area contributed by atoms with Crippen molar-refractivity contribution >= 4 is 33.3 Å². The fraction of sp³-hybridized carbons (Fsp3) is 0.312. The number of aromatic amines is 1. The lowest BCUT2D eigenvalue weighted by Gasteiger charge is -2.14. The fourth-order valence-electron chi connectivity index (χ4n) is 2.34. The molecule has 2 N–H and O–H groups in total. The summed E-state index contributed by atoms with van der Waals surface area (Å²) in [5.74, 6) is 1.30. The second-order valence-corrected chi connectivity index (χ2v) is 7.70. The van der Waals surface area contributed by atoms with Crippen LogP contribution in [-0.4, -0.2) is 29.6 Å². The van der Waals surface area contributed by atoms with Crippen molar-refractivity contribution in [3.8, 4) is 0 Å².